The van der Waals surface area contributed by atoms with Crippen LogP contribution in [-0.4, -0.2) is 12.5 Å². The van der Waals surface area contributed by atoms with Crippen molar-refractivity contribution >= 4 is 5.91 Å². The van der Waals surface area contributed by atoms with Crippen molar-refractivity contribution in [1.29, 1.82) is 0 Å². The number of pyridine rings is 1. The number of aromatic nitrogens is 1. The third-order valence-corrected chi connectivity index (χ3v) is 7.28. The third kappa shape index (κ3) is 12.5. The molecule has 1 aromatic heterocycles. The molecule has 2 rings (SSSR count). The number of hydrogen-bond donors (Lipinski definition) is 1. The lowest BCUT2D eigenvalue weighted by Gasteiger charge is -2.24. The first-order valence-electron chi connectivity index (χ1n) is 15.4. The molecule has 2 aromatic rings. The number of rotatable bonds is 19. The van der Waals surface area contributed by atoms with Crippen molar-refractivity contribution in [2.75, 3.05) is 6.61 Å². The molecule has 0 aliphatic rings. The van der Waals surface area contributed by atoms with E-state index >= 15 is 0 Å². The summed E-state index contributed by atoms with van der Waals surface area (Å²) in [6.07, 6.45) is 21.3. The van der Waals surface area contributed by atoms with Gasteiger partial charge in [-0.05, 0) is 29.0 Å². The summed E-state index contributed by atoms with van der Waals surface area (Å²) in [4.78, 5) is 12.9. The van der Waals surface area contributed by atoms with Gasteiger partial charge in [-0.25, -0.2) is 0 Å². The largest absolute Gasteiger partial charge is 0.493 e. The van der Waals surface area contributed by atoms with Gasteiger partial charge in [0.1, 0.15) is 5.75 Å². The van der Waals surface area contributed by atoms with E-state index in [1.54, 1.807) is 0 Å². The van der Waals surface area contributed by atoms with E-state index in [1.807, 2.05) is 41.2 Å². The second-order valence-corrected chi connectivity index (χ2v) is 11.8. The molecule has 0 aliphatic carbocycles. The van der Waals surface area contributed by atoms with Crippen molar-refractivity contribution in [3.8, 4) is 5.75 Å². The SMILES string of the molecule is CCCCCCCCCCCCCCOc1ccc(CC(=O)NC(CC)[n+]2ccccc2)cc1C(C)(C)C. The number of unbranched alkanes of at least 4 members (excludes halogenated alkanes) is 11. The summed E-state index contributed by atoms with van der Waals surface area (Å²) in [6, 6.07) is 12.2. The first kappa shape index (κ1) is 31.9. The maximum Gasteiger partial charge on any atom is 0.233 e. The highest BCUT2D eigenvalue weighted by atomic mass is 16.5. The average molecular weight is 524 g/mol. The van der Waals surface area contributed by atoms with Crippen LogP contribution >= 0.6 is 0 Å². The Hall–Kier alpha value is -2.36. The standard InChI is InChI=1S/C34H54N2O2/c1-6-8-9-10-11-12-13-14-15-16-17-21-26-38-31-23-22-29(27-30(31)34(3,4)5)28-33(37)35-32(7-2)36-24-19-18-20-25-36/h18-20,22-25,27,32H,6-17,21,26,28H2,1-5H3/p+1. The van der Waals surface area contributed by atoms with Crippen molar-refractivity contribution in [2.45, 2.75) is 136 Å². The second-order valence-electron chi connectivity index (χ2n) is 11.8. The van der Waals surface area contributed by atoms with E-state index in [4.69, 9.17) is 4.74 Å². The topological polar surface area (TPSA) is 42.2 Å². The molecule has 38 heavy (non-hydrogen) atoms. The van der Waals surface area contributed by atoms with Crippen LogP contribution in [-0.2, 0) is 16.6 Å². The van der Waals surface area contributed by atoms with E-state index in [0.717, 1.165) is 30.8 Å². The number of benzene rings is 1. The molecule has 0 aliphatic heterocycles. The number of nitrogens with zero attached hydrogens (tertiary/aromatic N) is 1. The lowest BCUT2D eigenvalue weighted by atomic mass is 9.85. The van der Waals surface area contributed by atoms with Gasteiger partial charge in [-0.15, -0.1) is 0 Å². The van der Waals surface area contributed by atoms with Crippen LogP contribution in [0.5, 0.6) is 5.75 Å². The Balaban J connectivity index is 1.75. The quantitative estimate of drug-likeness (QED) is 0.148. The zero-order valence-electron chi connectivity index (χ0n) is 25.1. The Labute approximate surface area is 233 Å². The van der Waals surface area contributed by atoms with Crippen molar-refractivity contribution in [3.05, 3.63) is 59.9 Å². The molecular weight excluding hydrogens is 468 g/mol. The Kier molecular flexibility index (Phi) is 15.1. The van der Waals surface area contributed by atoms with Gasteiger partial charge in [-0.1, -0.05) is 123 Å². The lowest BCUT2D eigenvalue weighted by Crippen LogP contribution is -2.49. The van der Waals surface area contributed by atoms with Crippen LogP contribution in [0.25, 0.3) is 0 Å². The second kappa shape index (κ2) is 18.0. The highest BCUT2D eigenvalue weighted by molar-refractivity contribution is 5.78. The van der Waals surface area contributed by atoms with Gasteiger partial charge in [0.2, 0.25) is 12.1 Å². The van der Waals surface area contributed by atoms with Gasteiger partial charge < -0.3 is 4.74 Å². The molecule has 0 fully saturated rings. The molecular formula is C34H55N2O2+. The zero-order chi connectivity index (χ0) is 27.6. The molecule has 0 spiro atoms. The Morgan fingerprint density at radius 2 is 1.42 bits per heavy atom. The molecule has 1 atom stereocenters. The zero-order valence-corrected chi connectivity index (χ0v) is 25.1. The van der Waals surface area contributed by atoms with E-state index in [0.29, 0.717) is 6.42 Å². The number of nitrogens with one attached hydrogen (secondary N) is 1. The normalized spacial score (nSPS) is 12.3. The van der Waals surface area contributed by atoms with Gasteiger partial charge in [0.15, 0.2) is 12.4 Å². The van der Waals surface area contributed by atoms with Gasteiger partial charge in [-0.3, -0.25) is 10.1 Å². The molecule has 1 aromatic carbocycles. The van der Waals surface area contributed by atoms with Crippen LogP contribution < -0.4 is 14.6 Å². The smallest absolute Gasteiger partial charge is 0.233 e. The van der Waals surface area contributed by atoms with Crippen molar-refractivity contribution in [1.82, 2.24) is 5.32 Å². The van der Waals surface area contributed by atoms with Gasteiger partial charge in [0, 0.05) is 18.6 Å². The van der Waals surface area contributed by atoms with Crippen LogP contribution in [0.4, 0.5) is 0 Å². The predicted octanol–water partition coefficient (Wildman–Crippen LogP) is 8.62. The highest BCUT2D eigenvalue weighted by Crippen LogP contribution is 2.32. The fraction of sp³-hybridized carbons (Fsp3) is 0.647. The van der Waals surface area contributed by atoms with E-state index in [-0.39, 0.29) is 17.5 Å². The fourth-order valence-electron chi connectivity index (χ4n) is 4.95. The molecule has 1 N–H and O–H groups in total. The van der Waals surface area contributed by atoms with E-state index < -0.39 is 0 Å². The summed E-state index contributed by atoms with van der Waals surface area (Å²) in [5, 5.41) is 3.18. The number of hydrogen-bond acceptors (Lipinski definition) is 2. The molecule has 0 saturated heterocycles. The van der Waals surface area contributed by atoms with Crippen molar-refractivity contribution < 1.29 is 14.1 Å². The molecule has 212 valence electrons. The van der Waals surface area contributed by atoms with Crippen LogP contribution in [0.2, 0.25) is 0 Å². The minimum Gasteiger partial charge on any atom is -0.493 e. The first-order valence-corrected chi connectivity index (χ1v) is 15.4. The van der Waals surface area contributed by atoms with Crippen LogP contribution in [0.3, 0.4) is 0 Å². The maximum absolute atomic E-state index is 12.9. The lowest BCUT2D eigenvalue weighted by molar-refractivity contribution is -0.727. The molecule has 4 heteroatoms. The summed E-state index contributed by atoms with van der Waals surface area (Å²) in [5.74, 6) is 0.995. The molecule has 0 radical (unpaired) electrons. The van der Waals surface area contributed by atoms with Crippen LogP contribution in [0.1, 0.15) is 135 Å². The molecule has 1 heterocycles. The Morgan fingerprint density at radius 1 is 0.842 bits per heavy atom. The average Bonchev–Trinajstić information content (AvgIpc) is 2.90. The molecule has 1 unspecified atom stereocenters. The minimum absolute atomic E-state index is 0.0380. The van der Waals surface area contributed by atoms with Gasteiger partial charge in [0.05, 0.1) is 13.0 Å². The first-order chi connectivity index (χ1) is 18.3. The molecule has 0 bridgehead atoms. The third-order valence-electron chi connectivity index (χ3n) is 7.28. The van der Waals surface area contributed by atoms with Crippen LogP contribution in [0, 0.1) is 0 Å². The maximum atomic E-state index is 12.9. The Morgan fingerprint density at radius 3 is 1.97 bits per heavy atom. The number of ether oxygens (including phenoxy) is 1. The summed E-state index contributed by atoms with van der Waals surface area (Å²) in [6.45, 7) is 11.8. The summed E-state index contributed by atoms with van der Waals surface area (Å²) < 4.78 is 8.30. The van der Waals surface area contributed by atoms with Crippen LogP contribution in [0.15, 0.2) is 48.8 Å². The summed E-state index contributed by atoms with van der Waals surface area (Å²) in [5.41, 5.74) is 2.15. The fourth-order valence-corrected chi connectivity index (χ4v) is 4.95. The van der Waals surface area contributed by atoms with Crippen molar-refractivity contribution in [2.24, 2.45) is 0 Å². The predicted molar refractivity (Wildman–Crippen MR) is 160 cm³/mol. The van der Waals surface area contributed by atoms with E-state index in [9.17, 15) is 4.79 Å². The monoisotopic (exact) mass is 523 g/mol. The Bertz CT molecular complexity index is 904. The van der Waals surface area contributed by atoms with Gasteiger partial charge in [0.25, 0.3) is 0 Å². The number of amides is 1. The highest BCUT2D eigenvalue weighted by Gasteiger charge is 2.22. The number of carbonyl (C=O) groups is 1. The summed E-state index contributed by atoms with van der Waals surface area (Å²) >= 11 is 0. The van der Waals surface area contributed by atoms with Gasteiger partial charge >= 0.3 is 0 Å². The molecule has 1 amide bonds. The molecule has 0 saturated carbocycles. The summed E-state index contributed by atoms with van der Waals surface area (Å²) in [7, 11) is 0. The number of carbonyl (C=O) groups excluding carboxylic acids is 1. The van der Waals surface area contributed by atoms with E-state index in [1.165, 1.54) is 76.2 Å². The van der Waals surface area contributed by atoms with E-state index in [2.05, 4.69) is 52.1 Å². The van der Waals surface area contributed by atoms with Crippen molar-refractivity contribution in [3.63, 3.8) is 0 Å². The van der Waals surface area contributed by atoms with Gasteiger partial charge in [-0.2, -0.15) is 4.57 Å². The minimum atomic E-state index is -0.0514. The molecule has 4 nitrogen and oxygen atoms in total.